The van der Waals surface area contributed by atoms with Gasteiger partial charge in [0.05, 0.1) is 25.4 Å². The van der Waals surface area contributed by atoms with E-state index in [0.717, 1.165) is 19.4 Å². The highest BCUT2D eigenvalue weighted by atomic mass is 16.6. The molecule has 0 saturated carbocycles. The zero-order chi connectivity index (χ0) is 14.4. The highest BCUT2D eigenvalue weighted by molar-refractivity contribution is 4.94. The molecule has 3 aliphatic rings. The van der Waals surface area contributed by atoms with Crippen LogP contribution in [0.2, 0.25) is 0 Å². The lowest BCUT2D eigenvalue weighted by Crippen LogP contribution is -2.58. The van der Waals surface area contributed by atoms with Crippen LogP contribution in [-0.4, -0.2) is 65.6 Å². The van der Waals surface area contributed by atoms with Crippen LogP contribution in [0.25, 0.3) is 0 Å². The molecule has 0 aromatic rings. The van der Waals surface area contributed by atoms with Crippen LogP contribution in [0.5, 0.6) is 0 Å². The summed E-state index contributed by atoms with van der Waals surface area (Å²) in [5, 5.41) is 0. The molecule has 3 heterocycles. The number of hydrogen-bond donors (Lipinski definition) is 0. The van der Waals surface area contributed by atoms with Crippen molar-refractivity contribution in [3.05, 3.63) is 0 Å². The van der Waals surface area contributed by atoms with E-state index >= 15 is 0 Å². The molecule has 3 saturated heterocycles. The van der Waals surface area contributed by atoms with Crippen LogP contribution in [0.1, 0.15) is 25.7 Å². The van der Waals surface area contributed by atoms with Crippen LogP contribution in [-0.2, 0) is 23.7 Å². The third kappa shape index (κ3) is 3.71. The van der Waals surface area contributed by atoms with Gasteiger partial charge in [-0.05, 0) is 12.8 Å². The van der Waals surface area contributed by atoms with Crippen LogP contribution in [0, 0.1) is 5.92 Å². The molecule has 3 rings (SSSR count). The third-order valence-corrected chi connectivity index (χ3v) is 4.42. The van der Waals surface area contributed by atoms with Crippen molar-refractivity contribution >= 4 is 0 Å². The van der Waals surface area contributed by atoms with Crippen LogP contribution in [0.4, 0.5) is 0 Å². The molecular weight excluding hydrogens is 260 g/mol. The predicted molar refractivity (Wildman–Crippen MR) is 74.9 cm³/mol. The maximum Gasteiger partial charge on any atom is 0.112 e. The van der Waals surface area contributed by atoms with Gasteiger partial charge >= 0.3 is 0 Å². The fraction of sp³-hybridized carbons (Fsp3) is 1.00. The summed E-state index contributed by atoms with van der Waals surface area (Å²) in [5.74, 6) is 0.319. The van der Waals surface area contributed by atoms with Crippen molar-refractivity contribution in [3.63, 3.8) is 0 Å². The molecule has 0 aromatic carbocycles. The lowest BCUT2D eigenvalue weighted by molar-refractivity contribution is -0.235. The first-order valence-corrected chi connectivity index (χ1v) is 7.59. The van der Waals surface area contributed by atoms with Crippen molar-refractivity contribution in [2.45, 2.75) is 50.1 Å². The van der Waals surface area contributed by atoms with Gasteiger partial charge in [-0.25, -0.2) is 0 Å². The molecule has 0 aromatic heterocycles. The van der Waals surface area contributed by atoms with Gasteiger partial charge in [0, 0.05) is 33.9 Å². The largest absolute Gasteiger partial charge is 0.382 e. The standard InChI is InChI=1S/C15H28O5/c1-16-9-12-11-7-5-4-6-8-19-10-13(20-12)15(18-3)14(11)17-2/h11-15H,4-10H2,1-3H3. The number of hydrogen-bond acceptors (Lipinski definition) is 5. The zero-order valence-corrected chi connectivity index (χ0v) is 12.9. The van der Waals surface area contributed by atoms with Gasteiger partial charge in [0.1, 0.15) is 12.2 Å². The Labute approximate surface area is 121 Å². The maximum atomic E-state index is 6.20. The lowest BCUT2D eigenvalue weighted by Gasteiger charge is -2.45. The second kappa shape index (κ2) is 8.29. The van der Waals surface area contributed by atoms with E-state index in [0.29, 0.717) is 19.1 Å². The summed E-state index contributed by atoms with van der Waals surface area (Å²) in [4.78, 5) is 0. The average Bonchev–Trinajstić information content (AvgIpc) is 2.53. The molecule has 20 heavy (non-hydrogen) atoms. The molecule has 0 radical (unpaired) electrons. The van der Waals surface area contributed by atoms with Gasteiger partial charge in [0.15, 0.2) is 0 Å². The van der Waals surface area contributed by atoms with E-state index in [4.69, 9.17) is 23.7 Å². The molecule has 2 bridgehead atoms. The predicted octanol–water partition coefficient (Wildman–Crippen LogP) is 1.64. The molecule has 5 nitrogen and oxygen atoms in total. The molecule has 5 heteroatoms. The first-order valence-electron chi connectivity index (χ1n) is 7.59. The number of rotatable bonds is 4. The zero-order valence-electron chi connectivity index (χ0n) is 12.9. The number of ether oxygens (including phenoxy) is 5. The maximum absolute atomic E-state index is 6.20. The van der Waals surface area contributed by atoms with Crippen molar-refractivity contribution in [3.8, 4) is 0 Å². The Hall–Kier alpha value is -0.200. The minimum Gasteiger partial charge on any atom is -0.382 e. The highest BCUT2D eigenvalue weighted by Crippen LogP contribution is 2.34. The summed E-state index contributed by atoms with van der Waals surface area (Å²) >= 11 is 0. The Balaban J connectivity index is 2.19. The highest BCUT2D eigenvalue weighted by Gasteiger charge is 2.46. The smallest absolute Gasteiger partial charge is 0.112 e. The summed E-state index contributed by atoms with van der Waals surface area (Å²) < 4.78 is 28.7. The monoisotopic (exact) mass is 288 g/mol. The summed E-state index contributed by atoms with van der Waals surface area (Å²) in [7, 11) is 5.20. The first-order chi connectivity index (χ1) is 9.81. The van der Waals surface area contributed by atoms with Gasteiger partial charge in [-0.1, -0.05) is 12.8 Å². The molecule has 0 N–H and O–H groups in total. The van der Waals surface area contributed by atoms with Gasteiger partial charge in [-0.15, -0.1) is 0 Å². The normalized spacial score (nSPS) is 39.5. The van der Waals surface area contributed by atoms with Gasteiger partial charge in [0.25, 0.3) is 0 Å². The molecule has 0 spiro atoms. The molecule has 0 amide bonds. The fourth-order valence-corrected chi connectivity index (χ4v) is 3.44. The van der Waals surface area contributed by atoms with Gasteiger partial charge in [-0.3, -0.25) is 0 Å². The minimum absolute atomic E-state index is 0.0422. The second-order valence-electron chi connectivity index (χ2n) is 5.66. The minimum atomic E-state index is -0.0838. The van der Waals surface area contributed by atoms with E-state index in [2.05, 4.69) is 0 Å². The first kappa shape index (κ1) is 16.2. The second-order valence-corrected chi connectivity index (χ2v) is 5.66. The Morgan fingerprint density at radius 2 is 1.80 bits per heavy atom. The summed E-state index contributed by atoms with van der Waals surface area (Å²) in [6.45, 7) is 1.95. The average molecular weight is 288 g/mol. The van der Waals surface area contributed by atoms with Crippen molar-refractivity contribution in [1.29, 1.82) is 0 Å². The lowest BCUT2D eigenvalue weighted by atomic mass is 9.83. The number of methoxy groups -OCH3 is 3. The SMILES string of the molecule is COCC1OC2COCCCCCC1C(OC)C2OC. The van der Waals surface area contributed by atoms with Crippen molar-refractivity contribution in [2.24, 2.45) is 5.92 Å². The van der Waals surface area contributed by atoms with E-state index in [1.165, 1.54) is 12.8 Å². The van der Waals surface area contributed by atoms with E-state index in [1.54, 1.807) is 21.3 Å². The Kier molecular flexibility index (Phi) is 6.71. The fourth-order valence-electron chi connectivity index (χ4n) is 3.44. The Morgan fingerprint density at radius 1 is 1.00 bits per heavy atom. The molecule has 5 atom stereocenters. The quantitative estimate of drug-likeness (QED) is 0.787. The molecule has 118 valence electrons. The molecule has 3 fully saturated rings. The van der Waals surface area contributed by atoms with E-state index in [9.17, 15) is 0 Å². The van der Waals surface area contributed by atoms with Crippen molar-refractivity contribution in [1.82, 2.24) is 0 Å². The topological polar surface area (TPSA) is 46.2 Å². The Morgan fingerprint density at radius 3 is 2.50 bits per heavy atom. The summed E-state index contributed by atoms with van der Waals surface area (Å²) in [6.07, 6.45) is 4.50. The number of fused-ring (bicyclic) bond motifs is 8. The van der Waals surface area contributed by atoms with E-state index in [-0.39, 0.29) is 24.4 Å². The molecule has 0 aliphatic carbocycles. The van der Waals surface area contributed by atoms with Crippen LogP contribution >= 0.6 is 0 Å². The molecule has 3 aliphatic heterocycles. The van der Waals surface area contributed by atoms with Gasteiger partial charge in [0.2, 0.25) is 0 Å². The van der Waals surface area contributed by atoms with Crippen LogP contribution in [0.15, 0.2) is 0 Å². The van der Waals surface area contributed by atoms with Crippen molar-refractivity contribution < 1.29 is 23.7 Å². The third-order valence-electron chi connectivity index (χ3n) is 4.42. The Bertz CT molecular complexity index is 273. The van der Waals surface area contributed by atoms with E-state index in [1.807, 2.05) is 0 Å². The van der Waals surface area contributed by atoms with E-state index < -0.39 is 0 Å². The van der Waals surface area contributed by atoms with Gasteiger partial charge < -0.3 is 23.7 Å². The van der Waals surface area contributed by atoms with Crippen LogP contribution in [0.3, 0.4) is 0 Å². The van der Waals surface area contributed by atoms with Crippen molar-refractivity contribution in [2.75, 3.05) is 41.2 Å². The summed E-state index contributed by atoms with van der Waals surface area (Å²) in [6, 6.07) is 0. The summed E-state index contributed by atoms with van der Waals surface area (Å²) in [5.41, 5.74) is 0. The van der Waals surface area contributed by atoms with Crippen LogP contribution < -0.4 is 0 Å². The van der Waals surface area contributed by atoms with Gasteiger partial charge in [-0.2, -0.15) is 0 Å². The molecular formula is C15H28O5. The molecule has 5 unspecified atom stereocenters.